The molecule has 1 aliphatic carbocycles. The standard InChI is InChI=1S/C24H34N4O4/c1-2-21-26-19-8-4-5-9-20(19)28(21)16-23(30)32-17-22(29)25-18-24(10-6-3-7-11-24)27-12-14-31-15-13-27/h4-5,8-9H,2-3,6-7,10-18H2,1H3,(H,25,29). The Morgan fingerprint density at radius 2 is 1.91 bits per heavy atom. The van der Waals surface area contributed by atoms with Crippen molar-refractivity contribution in [2.75, 3.05) is 39.5 Å². The lowest BCUT2D eigenvalue weighted by Gasteiger charge is -2.48. The lowest BCUT2D eigenvalue weighted by atomic mass is 9.79. The van der Waals surface area contributed by atoms with Crippen molar-refractivity contribution in [3.8, 4) is 0 Å². The van der Waals surface area contributed by atoms with Crippen molar-refractivity contribution < 1.29 is 19.1 Å². The Morgan fingerprint density at radius 1 is 1.16 bits per heavy atom. The molecular weight excluding hydrogens is 408 g/mol. The Hall–Kier alpha value is -2.45. The molecule has 0 atom stereocenters. The van der Waals surface area contributed by atoms with Crippen LogP contribution in [0.3, 0.4) is 0 Å². The Kier molecular flexibility index (Phi) is 7.42. The van der Waals surface area contributed by atoms with E-state index in [1.165, 1.54) is 19.3 Å². The lowest BCUT2D eigenvalue weighted by molar-refractivity contribution is -0.149. The number of morpholine rings is 1. The van der Waals surface area contributed by atoms with E-state index < -0.39 is 5.97 Å². The molecular formula is C24H34N4O4. The Labute approximate surface area is 189 Å². The summed E-state index contributed by atoms with van der Waals surface area (Å²) in [5.74, 6) is 0.152. The summed E-state index contributed by atoms with van der Waals surface area (Å²) in [6.45, 7) is 5.70. The Morgan fingerprint density at radius 3 is 2.66 bits per heavy atom. The summed E-state index contributed by atoms with van der Waals surface area (Å²) in [4.78, 5) is 32.0. The summed E-state index contributed by atoms with van der Waals surface area (Å²) < 4.78 is 12.7. The molecule has 8 heteroatoms. The second-order valence-corrected chi connectivity index (χ2v) is 8.78. The topological polar surface area (TPSA) is 85.7 Å². The molecule has 2 fully saturated rings. The molecule has 32 heavy (non-hydrogen) atoms. The number of carbonyl (C=O) groups excluding carboxylic acids is 2. The van der Waals surface area contributed by atoms with E-state index >= 15 is 0 Å². The maximum Gasteiger partial charge on any atom is 0.326 e. The third-order valence-corrected chi connectivity index (χ3v) is 6.78. The van der Waals surface area contributed by atoms with Gasteiger partial charge in [0.25, 0.3) is 5.91 Å². The predicted octanol–water partition coefficient (Wildman–Crippen LogP) is 2.29. The molecule has 1 aliphatic heterocycles. The fourth-order valence-electron chi connectivity index (χ4n) is 5.06. The molecule has 2 heterocycles. The Balaban J connectivity index is 1.30. The highest BCUT2D eigenvalue weighted by Gasteiger charge is 2.38. The molecule has 1 saturated heterocycles. The zero-order chi connectivity index (χ0) is 22.4. The van der Waals surface area contributed by atoms with Crippen molar-refractivity contribution in [3.63, 3.8) is 0 Å². The number of hydrogen-bond donors (Lipinski definition) is 1. The van der Waals surface area contributed by atoms with Gasteiger partial charge in [0.05, 0.1) is 24.2 Å². The summed E-state index contributed by atoms with van der Waals surface area (Å²) in [6, 6.07) is 7.72. The van der Waals surface area contributed by atoms with Crippen molar-refractivity contribution >= 4 is 22.9 Å². The van der Waals surface area contributed by atoms with Gasteiger partial charge in [-0.1, -0.05) is 38.3 Å². The molecule has 8 nitrogen and oxygen atoms in total. The normalized spacial score (nSPS) is 19.0. The van der Waals surface area contributed by atoms with Crippen LogP contribution in [0.15, 0.2) is 24.3 Å². The molecule has 0 radical (unpaired) electrons. The van der Waals surface area contributed by atoms with E-state index in [0.29, 0.717) is 13.0 Å². The van der Waals surface area contributed by atoms with E-state index in [2.05, 4.69) is 15.2 Å². The number of aromatic nitrogens is 2. The minimum Gasteiger partial charge on any atom is -0.454 e. The van der Waals surface area contributed by atoms with E-state index in [0.717, 1.165) is 56.0 Å². The first kappa shape index (κ1) is 22.7. The monoisotopic (exact) mass is 442 g/mol. The van der Waals surface area contributed by atoms with Crippen LogP contribution in [0.25, 0.3) is 11.0 Å². The van der Waals surface area contributed by atoms with E-state index in [1.807, 2.05) is 35.8 Å². The van der Waals surface area contributed by atoms with Crippen molar-refractivity contribution in [2.45, 2.75) is 57.5 Å². The molecule has 1 amide bonds. The highest BCUT2D eigenvalue weighted by atomic mass is 16.5. The molecule has 1 aromatic heterocycles. The van der Waals surface area contributed by atoms with Crippen LogP contribution >= 0.6 is 0 Å². The lowest BCUT2D eigenvalue weighted by Crippen LogP contribution is -2.59. The minimum absolute atomic E-state index is 0.00650. The van der Waals surface area contributed by atoms with Gasteiger partial charge in [-0.25, -0.2) is 4.98 Å². The smallest absolute Gasteiger partial charge is 0.326 e. The second-order valence-electron chi connectivity index (χ2n) is 8.78. The number of carbonyl (C=O) groups is 2. The molecule has 1 N–H and O–H groups in total. The van der Waals surface area contributed by atoms with Crippen molar-refractivity contribution in [2.24, 2.45) is 0 Å². The van der Waals surface area contributed by atoms with Crippen LogP contribution in [0.1, 0.15) is 44.9 Å². The molecule has 2 aromatic rings. The number of imidazole rings is 1. The fourth-order valence-corrected chi connectivity index (χ4v) is 5.06. The molecule has 174 valence electrons. The number of para-hydroxylation sites is 2. The van der Waals surface area contributed by atoms with Crippen LogP contribution < -0.4 is 5.32 Å². The first-order valence-electron chi connectivity index (χ1n) is 11.8. The van der Waals surface area contributed by atoms with E-state index in [4.69, 9.17) is 9.47 Å². The fraction of sp³-hybridized carbons (Fsp3) is 0.625. The van der Waals surface area contributed by atoms with Crippen molar-refractivity contribution in [3.05, 3.63) is 30.1 Å². The highest BCUT2D eigenvalue weighted by molar-refractivity contribution is 5.82. The quantitative estimate of drug-likeness (QED) is 0.632. The highest BCUT2D eigenvalue weighted by Crippen LogP contribution is 2.33. The Bertz CT molecular complexity index is 929. The van der Waals surface area contributed by atoms with Gasteiger partial charge in [-0.15, -0.1) is 0 Å². The van der Waals surface area contributed by atoms with Gasteiger partial charge in [-0.05, 0) is 25.0 Å². The molecule has 1 aromatic carbocycles. The number of rotatable bonds is 8. The zero-order valence-electron chi connectivity index (χ0n) is 19.0. The number of benzene rings is 1. The van der Waals surface area contributed by atoms with Gasteiger partial charge in [0.2, 0.25) is 0 Å². The second kappa shape index (κ2) is 10.4. The average molecular weight is 443 g/mol. The number of hydrogen-bond acceptors (Lipinski definition) is 6. The molecule has 0 spiro atoms. The van der Waals surface area contributed by atoms with Gasteiger partial charge in [0.1, 0.15) is 12.4 Å². The number of ether oxygens (including phenoxy) is 2. The van der Waals surface area contributed by atoms with E-state index in [1.54, 1.807) is 0 Å². The first-order chi connectivity index (χ1) is 15.6. The van der Waals surface area contributed by atoms with Gasteiger partial charge in [-0.2, -0.15) is 0 Å². The van der Waals surface area contributed by atoms with Crippen molar-refractivity contribution in [1.29, 1.82) is 0 Å². The van der Waals surface area contributed by atoms with Gasteiger partial charge < -0.3 is 19.4 Å². The maximum absolute atomic E-state index is 12.5. The van der Waals surface area contributed by atoms with Gasteiger partial charge in [-0.3, -0.25) is 14.5 Å². The SMILES string of the molecule is CCc1nc2ccccc2n1CC(=O)OCC(=O)NCC1(N2CCOCC2)CCCCC1. The summed E-state index contributed by atoms with van der Waals surface area (Å²) in [7, 11) is 0. The third kappa shape index (κ3) is 5.13. The van der Waals surface area contributed by atoms with Crippen LogP contribution in [-0.4, -0.2) is 71.3 Å². The summed E-state index contributed by atoms with van der Waals surface area (Å²) in [5.41, 5.74) is 1.75. The maximum atomic E-state index is 12.5. The number of aryl methyl sites for hydroxylation is 1. The zero-order valence-corrected chi connectivity index (χ0v) is 19.0. The summed E-state index contributed by atoms with van der Waals surface area (Å²) >= 11 is 0. The molecule has 4 rings (SSSR count). The summed E-state index contributed by atoms with van der Waals surface area (Å²) in [5, 5.41) is 3.04. The van der Waals surface area contributed by atoms with Crippen LogP contribution in [0.4, 0.5) is 0 Å². The average Bonchev–Trinajstić information content (AvgIpc) is 3.20. The third-order valence-electron chi connectivity index (χ3n) is 6.78. The summed E-state index contributed by atoms with van der Waals surface area (Å²) in [6.07, 6.45) is 6.50. The van der Waals surface area contributed by atoms with Crippen LogP contribution in [-0.2, 0) is 32.0 Å². The number of nitrogens with one attached hydrogen (secondary N) is 1. The molecule has 0 bridgehead atoms. The van der Waals surface area contributed by atoms with Crippen LogP contribution in [0, 0.1) is 0 Å². The van der Waals surface area contributed by atoms with Crippen LogP contribution in [0.2, 0.25) is 0 Å². The van der Waals surface area contributed by atoms with E-state index in [9.17, 15) is 9.59 Å². The largest absolute Gasteiger partial charge is 0.454 e. The number of esters is 1. The van der Waals surface area contributed by atoms with Gasteiger partial charge in [0, 0.05) is 31.6 Å². The predicted molar refractivity (Wildman–Crippen MR) is 121 cm³/mol. The van der Waals surface area contributed by atoms with Gasteiger partial charge in [0.15, 0.2) is 6.61 Å². The number of fused-ring (bicyclic) bond motifs is 1. The van der Waals surface area contributed by atoms with E-state index in [-0.39, 0.29) is 24.6 Å². The molecule has 0 unspecified atom stereocenters. The van der Waals surface area contributed by atoms with Crippen LogP contribution in [0.5, 0.6) is 0 Å². The minimum atomic E-state index is -0.432. The molecule has 1 saturated carbocycles. The van der Waals surface area contributed by atoms with Crippen molar-refractivity contribution in [1.82, 2.24) is 19.8 Å². The number of amides is 1. The molecule has 2 aliphatic rings. The number of nitrogens with zero attached hydrogens (tertiary/aromatic N) is 3. The first-order valence-corrected chi connectivity index (χ1v) is 11.8. The van der Waals surface area contributed by atoms with Gasteiger partial charge >= 0.3 is 5.97 Å².